The van der Waals surface area contributed by atoms with E-state index in [1.54, 1.807) is 11.3 Å². The van der Waals surface area contributed by atoms with Crippen LogP contribution in [0.5, 0.6) is 0 Å². The summed E-state index contributed by atoms with van der Waals surface area (Å²) in [6, 6.07) is 15.8. The van der Waals surface area contributed by atoms with Gasteiger partial charge in [-0.25, -0.2) is 4.98 Å². The molecule has 0 atom stereocenters. The van der Waals surface area contributed by atoms with Gasteiger partial charge in [0.25, 0.3) is 0 Å². The molecule has 2 aromatic carbocycles. The molecule has 35 heavy (non-hydrogen) atoms. The molecule has 0 fully saturated rings. The molecule has 0 radical (unpaired) electrons. The molecule has 0 saturated carbocycles. The van der Waals surface area contributed by atoms with Gasteiger partial charge in [0.2, 0.25) is 0 Å². The van der Waals surface area contributed by atoms with Gasteiger partial charge < -0.3 is 5.32 Å². The molecule has 178 valence electrons. The summed E-state index contributed by atoms with van der Waals surface area (Å²) in [5.41, 5.74) is 8.82. The summed E-state index contributed by atoms with van der Waals surface area (Å²) in [5.74, 6) is 0. The largest absolute Gasteiger partial charge is 0.355 e. The van der Waals surface area contributed by atoms with Gasteiger partial charge in [0.15, 0.2) is 0 Å². The highest BCUT2D eigenvalue weighted by Gasteiger charge is 2.10. The van der Waals surface area contributed by atoms with E-state index in [9.17, 15) is 5.26 Å². The maximum atomic E-state index is 9.42. The molecule has 3 nitrogen and oxygen atoms in total. The fraction of sp³-hybridized carbons (Fsp3) is 0.200. The summed E-state index contributed by atoms with van der Waals surface area (Å²) in [5, 5.41) is 16.7. The van der Waals surface area contributed by atoms with Gasteiger partial charge in [0, 0.05) is 27.4 Å². The van der Waals surface area contributed by atoms with E-state index < -0.39 is 0 Å². The number of rotatable bonds is 9. The van der Waals surface area contributed by atoms with E-state index in [1.165, 1.54) is 5.56 Å². The summed E-state index contributed by atoms with van der Waals surface area (Å²) < 4.78 is 0. The molecule has 0 unspecified atom stereocenters. The quantitative estimate of drug-likeness (QED) is 0.298. The van der Waals surface area contributed by atoms with Gasteiger partial charge in [-0.2, -0.15) is 5.26 Å². The Morgan fingerprint density at radius 3 is 2.51 bits per heavy atom. The number of nitrogens with zero attached hydrogens (tertiary/aromatic N) is 2. The third-order valence-corrected chi connectivity index (χ3v) is 6.57. The lowest BCUT2D eigenvalue weighted by molar-refractivity contribution is 0.922. The zero-order chi connectivity index (χ0) is 25.4. The first-order chi connectivity index (χ1) is 16.8. The first kappa shape index (κ1) is 26.2. The summed E-state index contributed by atoms with van der Waals surface area (Å²) >= 11 is 7.64. The normalized spacial score (nSPS) is 11.9. The van der Waals surface area contributed by atoms with E-state index in [-0.39, 0.29) is 0 Å². The molecule has 0 saturated heterocycles. The van der Waals surface area contributed by atoms with Crippen LogP contribution < -0.4 is 5.32 Å². The second kappa shape index (κ2) is 12.4. The van der Waals surface area contributed by atoms with Crippen LogP contribution in [0, 0.1) is 11.3 Å². The number of hydrogen-bond acceptors (Lipinski definition) is 4. The zero-order valence-electron chi connectivity index (χ0n) is 20.7. The van der Waals surface area contributed by atoms with Gasteiger partial charge in [-0.05, 0) is 80.3 Å². The van der Waals surface area contributed by atoms with Gasteiger partial charge in [-0.1, -0.05) is 61.4 Å². The molecule has 3 rings (SSSR count). The molecule has 0 aliphatic heterocycles. The van der Waals surface area contributed by atoms with Gasteiger partial charge in [0.1, 0.15) is 5.01 Å². The van der Waals surface area contributed by atoms with Crippen LogP contribution in [-0.4, -0.2) is 4.98 Å². The molecule has 0 spiro atoms. The molecule has 1 N–H and O–H groups in total. The highest BCUT2D eigenvalue weighted by atomic mass is 35.5. The Bertz CT molecular complexity index is 1330. The third kappa shape index (κ3) is 7.05. The summed E-state index contributed by atoms with van der Waals surface area (Å²) in [6.45, 7) is 12.4. The molecule has 1 heterocycles. The Morgan fingerprint density at radius 2 is 1.89 bits per heavy atom. The highest BCUT2D eigenvalue weighted by molar-refractivity contribution is 7.11. The van der Waals surface area contributed by atoms with Gasteiger partial charge >= 0.3 is 0 Å². The number of benzene rings is 2. The van der Waals surface area contributed by atoms with Crippen LogP contribution in [0.1, 0.15) is 50.3 Å². The topological polar surface area (TPSA) is 48.7 Å². The monoisotopic (exact) mass is 499 g/mol. The second-order valence-electron chi connectivity index (χ2n) is 8.53. The van der Waals surface area contributed by atoms with Crippen molar-refractivity contribution in [1.82, 2.24) is 4.98 Å². The maximum Gasteiger partial charge on any atom is 0.119 e. The van der Waals surface area contributed by atoms with Gasteiger partial charge in [-0.3, -0.25) is 0 Å². The summed E-state index contributed by atoms with van der Waals surface area (Å²) in [7, 11) is 0. The van der Waals surface area contributed by atoms with E-state index in [2.05, 4.69) is 63.2 Å². The number of thiazole rings is 1. The van der Waals surface area contributed by atoms with Crippen molar-refractivity contribution in [3.8, 4) is 17.3 Å². The fourth-order valence-corrected chi connectivity index (χ4v) is 4.56. The zero-order valence-corrected chi connectivity index (χ0v) is 22.2. The van der Waals surface area contributed by atoms with E-state index in [1.807, 2.05) is 48.5 Å². The van der Waals surface area contributed by atoms with Crippen LogP contribution in [-0.2, 0) is 6.42 Å². The van der Waals surface area contributed by atoms with Gasteiger partial charge in [-0.15, -0.1) is 11.3 Å². The summed E-state index contributed by atoms with van der Waals surface area (Å²) in [4.78, 5) is 4.84. The molecule has 0 amide bonds. The van der Waals surface area contributed by atoms with Crippen LogP contribution in [0.2, 0.25) is 5.02 Å². The number of halogens is 1. The maximum absolute atomic E-state index is 9.42. The molecule has 3 aromatic rings. The lowest BCUT2D eigenvalue weighted by Crippen LogP contribution is -2.04. The Hall–Kier alpha value is -3.39. The highest BCUT2D eigenvalue weighted by Crippen LogP contribution is 2.29. The van der Waals surface area contributed by atoms with Crippen molar-refractivity contribution < 1.29 is 0 Å². The number of nitriles is 1. The predicted molar refractivity (Wildman–Crippen MR) is 152 cm³/mol. The van der Waals surface area contributed by atoms with Crippen LogP contribution in [0.15, 0.2) is 89.5 Å². The Balaban J connectivity index is 2.02. The molecule has 5 heteroatoms. The minimum atomic E-state index is 0.633. The van der Waals surface area contributed by atoms with Crippen molar-refractivity contribution in [3.63, 3.8) is 0 Å². The Labute approximate surface area is 217 Å². The van der Waals surface area contributed by atoms with E-state index in [4.69, 9.17) is 16.6 Å². The summed E-state index contributed by atoms with van der Waals surface area (Å²) in [6.07, 6.45) is 8.02. The number of hydrogen-bond donors (Lipinski definition) is 1. The average molecular weight is 500 g/mol. The molecule has 1 aromatic heterocycles. The molecule has 0 aliphatic rings. The minimum absolute atomic E-state index is 0.633. The number of allylic oxidation sites excluding steroid dienone is 6. The first-order valence-corrected chi connectivity index (χ1v) is 12.8. The number of aryl methyl sites for hydroxylation is 1. The van der Waals surface area contributed by atoms with Crippen LogP contribution in [0.4, 0.5) is 5.69 Å². The number of aromatic nitrogens is 1. The molecular weight excluding hydrogens is 470 g/mol. The van der Waals surface area contributed by atoms with Crippen molar-refractivity contribution in [2.75, 3.05) is 5.32 Å². The lowest BCUT2D eigenvalue weighted by atomic mass is 10.0. The van der Waals surface area contributed by atoms with Gasteiger partial charge in [0.05, 0.1) is 17.3 Å². The van der Waals surface area contributed by atoms with Crippen LogP contribution >= 0.6 is 22.9 Å². The van der Waals surface area contributed by atoms with Crippen molar-refractivity contribution in [2.24, 2.45) is 0 Å². The first-order valence-electron chi connectivity index (χ1n) is 11.6. The van der Waals surface area contributed by atoms with Crippen LogP contribution in [0.3, 0.4) is 0 Å². The van der Waals surface area contributed by atoms with Crippen LogP contribution in [0.25, 0.3) is 16.8 Å². The minimum Gasteiger partial charge on any atom is -0.355 e. The SMILES string of the molecule is C=CC(/C=C(\C)c1nc(-c2ccc(Cl)cc2)cs1)=C(\C=C(C)C)Nc1cc(C#N)ccc1CCC. The van der Waals surface area contributed by atoms with Crippen molar-refractivity contribution >= 4 is 34.2 Å². The smallest absolute Gasteiger partial charge is 0.119 e. The second-order valence-corrected chi connectivity index (χ2v) is 9.82. The van der Waals surface area contributed by atoms with E-state index >= 15 is 0 Å². The lowest BCUT2D eigenvalue weighted by Gasteiger charge is -2.16. The van der Waals surface area contributed by atoms with Crippen molar-refractivity contribution in [2.45, 2.75) is 40.5 Å². The molecule has 0 bridgehead atoms. The Morgan fingerprint density at radius 1 is 1.14 bits per heavy atom. The van der Waals surface area contributed by atoms with E-state index in [0.29, 0.717) is 10.6 Å². The fourth-order valence-electron chi connectivity index (χ4n) is 3.62. The molecule has 0 aliphatic carbocycles. The number of anilines is 1. The van der Waals surface area contributed by atoms with Crippen molar-refractivity contribution in [3.05, 3.63) is 111 Å². The van der Waals surface area contributed by atoms with Crippen molar-refractivity contribution in [1.29, 1.82) is 5.26 Å². The number of nitrogens with one attached hydrogen (secondary N) is 1. The van der Waals surface area contributed by atoms with E-state index in [0.717, 1.165) is 57.2 Å². The predicted octanol–water partition coefficient (Wildman–Crippen LogP) is 9.21. The standard InChI is InChI=1S/C30H30ClN3S/c1-6-8-24-10-9-22(18-32)17-28(24)33-27(15-20(3)4)23(7-2)16-21(5)30-34-29(19-35-30)25-11-13-26(31)14-12-25/h7,9-17,19,33H,2,6,8H2,1,3-5H3/b21-16+,27-23-. The average Bonchev–Trinajstić information content (AvgIpc) is 3.34. The third-order valence-electron chi connectivity index (χ3n) is 5.35. The molecular formula is C30H30ClN3S. The Kier molecular flexibility index (Phi) is 9.25.